The number of nitrogens with one attached hydrogen (secondary N) is 1. The molecule has 1 saturated carbocycles. The molecule has 1 aliphatic rings. The quantitative estimate of drug-likeness (QED) is 0.584. The summed E-state index contributed by atoms with van der Waals surface area (Å²) in [5.41, 5.74) is 1.12. The van der Waals surface area contributed by atoms with Crippen LogP contribution in [0.2, 0.25) is 5.02 Å². The fraction of sp³-hybridized carbons (Fsp3) is 0.467. The van der Waals surface area contributed by atoms with E-state index in [-0.39, 0.29) is 0 Å². The van der Waals surface area contributed by atoms with Gasteiger partial charge in [0.25, 0.3) is 0 Å². The van der Waals surface area contributed by atoms with Crippen molar-refractivity contribution in [3.05, 3.63) is 35.4 Å². The van der Waals surface area contributed by atoms with Crippen LogP contribution < -0.4 is 14.8 Å². The lowest BCUT2D eigenvalue weighted by molar-refractivity contribution is 0.300. The second-order valence-electron chi connectivity index (χ2n) is 4.69. The van der Waals surface area contributed by atoms with Gasteiger partial charge in [-0.05, 0) is 37.0 Å². The molecule has 0 heterocycles. The summed E-state index contributed by atoms with van der Waals surface area (Å²) in [6.07, 6.45) is 5.14. The third kappa shape index (κ3) is 4.15. The van der Waals surface area contributed by atoms with E-state index < -0.39 is 0 Å². The predicted molar refractivity (Wildman–Crippen MR) is 78.2 cm³/mol. The van der Waals surface area contributed by atoms with Gasteiger partial charge in [-0.1, -0.05) is 17.7 Å². The Balaban J connectivity index is 2.06. The van der Waals surface area contributed by atoms with E-state index in [4.69, 9.17) is 21.1 Å². The average Bonchev–Trinajstić information content (AvgIpc) is 3.22. The number of ether oxygens (including phenoxy) is 2. The van der Waals surface area contributed by atoms with E-state index in [1.807, 2.05) is 18.2 Å². The lowest BCUT2D eigenvalue weighted by atomic mass is 10.2. The number of halogens is 1. The Hall–Kier alpha value is -1.19. The summed E-state index contributed by atoms with van der Waals surface area (Å²) < 4.78 is 11.0. The Kier molecular flexibility index (Phi) is 5.11. The Bertz CT molecular complexity index is 444. The van der Waals surface area contributed by atoms with Crippen molar-refractivity contribution in [3.63, 3.8) is 0 Å². The zero-order chi connectivity index (χ0) is 13.7. The lowest BCUT2D eigenvalue weighted by Crippen LogP contribution is -2.15. The van der Waals surface area contributed by atoms with E-state index >= 15 is 0 Å². The smallest absolute Gasteiger partial charge is 0.179 e. The van der Waals surface area contributed by atoms with Gasteiger partial charge in [-0.2, -0.15) is 0 Å². The van der Waals surface area contributed by atoms with Crippen LogP contribution in [-0.2, 0) is 6.54 Å². The van der Waals surface area contributed by atoms with E-state index in [9.17, 15) is 0 Å². The summed E-state index contributed by atoms with van der Waals surface area (Å²) in [5, 5.41) is 4.05. The highest BCUT2D eigenvalue weighted by Crippen LogP contribution is 2.36. The minimum absolute atomic E-state index is 0.555. The molecule has 0 saturated heterocycles. The molecule has 2 rings (SSSR count). The molecule has 0 radical (unpaired) electrons. The minimum Gasteiger partial charge on any atom is -0.493 e. The molecule has 0 atom stereocenters. The minimum atomic E-state index is 0.555. The van der Waals surface area contributed by atoms with Gasteiger partial charge >= 0.3 is 0 Å². The van der Waals surface area contributed by atoms with Crippen molar-refractivity contribution in [2.75, 3.05) is 13.7 Å². The first-order valence-electron chi connectivity index (χ1n) is 6.58. The first kappa shape index (κ1) is 14.2. The molecule has 0 amide bonds. The highest BCUT2D eigenvalue weighted by Gasteiger charge is 2.20. The molecule has 1 aliphatic carbocycles. The van der Waals surface area contributed by atoms with Gasteiger partial charge in [-0.15, -0.1) is 6.58 Å². The van der Waals surface area contributed by atoms with Crippen LogP contribution in [0.5, 0.6) is 11.5 Å². The molecule has 19 heavy (non-hydrogen) atoms. The van der Waals surface area contributed by atoms with Crippen LogP contribution in [0.1, 0.15) is 24.8 Å². The summed E-state index contributed by atoms with van der Waals surface area (Å²) in [7, 11) is 1.63. The predicted octanol–water partition coefficient (Wildman–Crippen LogP) is 3.56. The average molecular weight is 282 g/mol. The van der Waals surface area contributed by atoms with Gasteiger partial charge in [0.1, 0.15) is 0 Å². The number of rotatable bonds is 8. The molecular weight excluding hydrogens is 262 g/mol. The Morgan fingerprint density at radius 2 is 2.26 bits per heavy atom. The molecule has 0 spiro atoms. The van der Waals surface area contributed by atoms with Crippen LogP contribution in [-0.4, -0.2) is 19.8 Å². The van der Waals surface area contributed by atoms with Gasteiger partial charge in [0.05, 0.1) is 18.7 Å². The first-order chi connectivity index (χ1) is 9.24. The highest BCUT2D eigenvalue weighted by atomic mass is 35.5. The largest absolute Gasteiger partial charge is 0.493 e. The maximum Gasteiger partial charge on any atom is 0.179 e. The van der Waals surface area contributed by atoms with Gasteiger partial charge in [-0.3, -0.25) is 0 Å². The molecule has 0 unspecified atom stereocenters. The summed E-state index contributed by atoms with van der Waals surface area (Å²) in [5.74, 6) is 1.30. The first-order valence-corrected chi connectivity index (χ1v) is 6.96. The van der Waals surface area contributed by atoms with Crippen molar-refractivity contribution in [1.29, 1.82) is 0 Å². The number of benzene rings is 1. The summed E-state index contributed by atoms with van der Waals surface area (Å²) in [4.78, 5) is 0. The third-order valence-electron chi connectivity index (χ3n) is 3.03. The molecular formula is C15H20ClNO2. The fourth-order valence-corrected chi connectivity index (χ4v) is 2.10. The molecule has 0 aromatic heterocycles. The van der Waals surface area contributed by atoms with Crippen molar-refractivity contribution in [3.8, 4) is 11.5 Å². The monoisotopic (exact) mass is 281 g/mol. The van der Waals surface area contributed by atoms with Gasteiger partial charge in [0.2, 0.25) is 0 Å². The standard InChI is InChI=1S/C15H20ClNO2/c1-3-4-7-19-15-13(16)8-11(9-14(15)18-2)10-17-12-5-6-12/h3,8-9,12,17H,1,4-7,10H2,2H3. The van der Waals surface area contributed by atoms with E-state index in [0.717, 1.165) is 18.5 Å². The van der Waals surface area contributed by atoms with Crippen molar-refractivity contribution in [2.45, 2.75) is 31.8 Å². The van der Waals surface area contributed by atoms with Gasteiger partial charge in [0, 0.05) is 12.6 Å². The fourth-order valence-electron chi connectivity index (χ4n) is 1.81. The molecule has 104 valence electrons. The molecule has 4 heteroatoms. The van der Waals surface area contributed by atoms with Crippen LogP contribution in [0.25, 0.3) is 0 Å². The molecule has 0 bridgehead atoms. The number of methoxy groups -OCH3 is 1. The van der Waals surface area contributed by atoms with Crippen LogP contribution in [0.3, 0.4) is 0 Å². The number of hydrogen-bond donors (Lipinski definition) is 1. The van der Waals surface area contributed by atoms with Crippen molar-refractivity contribution in [2.24, 2.45) is 0 Å². The van der Waals surface area contributed by atoms with Gasteiger partial charge < -0.3 is 14.8 Å². The van der Waals surface area contributed by atoms with Gasteiger partial charge in [-0.25, -0.2) is 0 Å². The van der Waals surface area contributed by atoms with E-state index in [2.05, 4.69) is 11.9 Å². The molecule has 1 N–H and O–H groups in total. The van der Waals surface area contributed by atoms with E-state index in [1.165, 1.54) is 12.8 Å². The summed E-state index contributed by atoms with van der Waals surface area (Å²) in [6, 6.07) is 4.58. The third-order valence-corrected chi connectivity index (χ3v) is 3.31. The summed E-state index contributed by atoms with van der Waals surface area (Å²) >= 11 is 6.26. The Labute approximate surface area is 119 Å². The van der Waals surface area contributed by atoms with Crippen molar-refractivity contribution < 1.29 is 9.47 Å². The second kappa shape index (κ2) is 6.83. The molecule has 3 nitrogen and oxygen atoms in total. The SMILES string of the molecule is C=CCCOc1c(Cl)cc(CNC2CC2)cc1OC. The zero-order valence-corrected chi connectivity index (χ0v) is 12.0. The highest BCUT2D eigenvalue weighted by molar-refractivity contribution is 6.32. The topological polar surface area (TPSA) is 30.5 Å². The van der Waals surface area contributed by atoms with Crippen molar-refractivity contribution in [1.82, 2.24) is 5.32 Å². The van der Waals surface area contributed by atoms with Crippen molar-refractivity contribution >= 4 is 11.6 Å². The molecule has 0 aliphatic heterocycles. The molecule has 1 aromatic rings. The van der Waals surface area contributed by atoms with Crippen LogP contribution in [0.15, 0.2) is 24.8 Å². The normalized spacial score (nSPS) is 14.2. The maximum atomic E-state index is 6.26. The maximum absolute atomic E-state index is 6.26. The Morgan fingerprint density at radius 1 is 1.47 bits per heavy atom. The molecule has 1 fully saturated rings. The molecule has 1 aromatic carbocycles. The van der Waals surface area contributed by atoms with Gasteiger partial charge in [0.15, 0.2) is 11.5 Å². The Morgan fingerprint density at radius 3 is 2.89 bits per heavy atom. The van der Waals surface area contributed by atoms with Crippen LogP contribution in [0.4, 0.5) is 0 Å². The zero-order valence-electron chi connectivity index (χ0n) is 11.2. The van der Waals surface area contributed by atoms with Crippen LogP contribution in [0, 0.1) is 0 Å². The second-order valence-corrected chi connectivity index (χ2v) is 5.10. The lowest BCUT2D eigenvalue weighted by Gasteiger charge is -2.14. The van der Waals surface area contributed by atoms with Crippen LogP contribution >= 0.6 is 11.6 Å². The van der Waals surface area contributed by atoms with E-state index in [1.54, 1.807) is 7.11 Å². The number of hydrogen-bond acceptors (Lipinski definition) is 3. The van der Waals surface area contributed by atoms with E-state index in [0.29, 0.717) is 29.2 Å². The summed E-state index contributed by atoms with van der Waals surface area (Å²) in [6.45, 7) is 5.03.